The standard InChI is InChI=1S/C4H8O2.C4H10.C3H8.CH4/c1-3(2)4(5)6;1-4(2)3;1-3-2;/h3H,1-2H3,(H,5,6);4H,1-3H3;3H2,1-2H3;1H4. The van der Waals surface area contributed by atoms with Gasteiger partial charge in [-0.25, -0.2) is 0 Å². The van der Waals surface area contributed by atoms with Crippen LogP contribution in [0.1, 0.15) is 62.3 Å². The van der Waals surface area contributed by atoms with Gasteiger partial charge in [0.15, 0.2) is 0 Å². The van der Waals surface area contributed by atoms with E-state index in [2.05, 4.69) is 34.6 Å². The van der Waals surface area contributed by atoms with Gasteiger partial charge in [-0.1, -0.05) is 62.3 Å². The fourth-order valence-electron chi connectivity index (χ4n) is 0. The number of rotatable bonds is 1. The second kappa shape index (κ2) is 18.3. The molecular formula is C12H30O2. The van der Waals surface area contributed by atoms with Crippen LogP contribution >= 0.6 is 0 Å². The van der Waals surface area contributed by atoms with E-state index in [1.165, 1.54) is 6.42 Å². The third-order valence-corrected chi connectivity index (χ3v) is 0.494. The number of aliphatic carboxylic acids is 1. The van der Waals surface area contributed by atoms with Crippen molar-refractivity contribution in [3.63, 3.8) is 0 Å². The first kappa shape index (κ1) is 23.4. The zero-order chi connectivity index (χ0) is 11.4. The van der Waals surface area contributed by atoms with Crippen molar-refractivity contribution < 1.29 is 9.90 Å². The van der Waals surface area contributed by atoms with E-state index in [1.807, 2.05) is 0 Å². The summed E-state index contributed by atoms with van der Waals surface area (Å²) in [4.78, 5) is 9.70. The quantitative estimate of drug-likeness (QED) is 0.688. The third-order valence-electron chi connectivity index (χ3n) is 0.494. The smallest absolute Gasteiger partial charge is 0.305 e. The van der Waals surface area contributed by atoms with Gasteiger partial charge in [0.25, 0.3) is 0 Å². The minimum atomic E-state index is -0.741. The van der Waals surface area contributed by atoms with Gasteiger partial charge in [-0.3, -0.25) is 4.79 Å². The first-order valence-corrected chi connectivity index (χ1v) is 5.02. The van der Waals surface area contributed by atoms with Crippen LogP contribution < -0.4 is 0 Å². The Labute approximate surface area is 90.7 Å². The molecule has 0 radical (unpaired) electrons. The Kier molecular flexibility index (Phi) is 30.5. The Morgan fingerprint density at radius 2 is 1.14 bits per heavy atom. The van der Waals surface area contributed by atoms with Crippen LogP contribution in [0.15, 0.2) is 0 Å². The fraction of sp³-hybridized carbons (Fsp3) is 0.917. The Morgan fingerprint density at radius 3 is 1.14 bits per heavy atom. The zero-order valence-corrected chi connectivity index (χ0v) is 10.2. The summed E-state index contributed by atoms with van der Waals surface area (Å²) in [6.07, 6.45) is 1.25. The summed E-state index contributed by atoms with van der Waals surface area (Å²) in [6.45, 7) is 14.0. The minimum absolute atomic E-state index is 0. The molecule has 0 aromatic heterocycles. The Morgan fingerprint density at radius 1 is 1.07 bits per heavy atom. The summed E-state index contributed by atoms with van der Waals surface area (Å²) in [7, 11) is 0. The molecule has 0 bridgehead atoms. The Bertz CT molecular complexity index is 93.7. The van der Waals surface area contributed by atoms with Gasteiger partial charge in [-0.15, -0.1) is 0 Å². The molecule has 0 rings (SSSR count). The van der Waals surface area contributed by atoms with Crippen LogP contribution in [0, 0.1) is 11.8 Å². The van der Waals surface area contributed by atoms with Crippen LogP contribution in [-0.4, -0.2) is 11.1 Å². The first-order valence-electron chi connectivity index (χ1n) is 5.02. The maximum absolute atomic E-state index is 9.70. The topological polar surface area (TPSA) is 37.3 Å². The van der Waals surface area contributed by atoms with E-state index in [-0.39, 0.29) is 13.3 Å². The van der Waals surface area contributed by atoms with E-state index in [1.54, 1.807) is 13.8 Å². The van der Waals surface area contributed by atoms with Crippen LogP contribution in [0.25, 0.3) is 0 Å². The highest BCUT2D eigenvalue weighted by molar-refractivity contribution is 5.68. The molecule has 0 aromatic carbocycles. The fourth-order valence-corrected chi connectivity index (χ4v) is 0. The summed E-state index contributed by atoms with van der Waals surface area (Å²) in [6, 6.07) is 0. The van der Waals surface area contributed by atoms with E-state index in [9.17, 15) is 4.79 Å². The normalized spacial score (nSPS) is 7.79. The van der Waals surface area contributed by atoms with Crippen molar-refractivity contribution in [2.45, 2.75) is 62.3 Å². The summed E-state index contributed by atoms with van der Waals surface area (Å²) in [5.74, 6) is -0.139. The zero-order valence-electron chi connectivity index (χ0n) is 10.2. The van der Waals surface area contributed by atoms with Crippen molar-refractivity contribution in [1.29, 1.82) is 0 Å². The molecule has 0 saturated heterocycles. The van der Waals surface area contributed by atoms with Gasteiger partial charge >= 0.3 is 5.97 Å². The third kappa shape index (κ3) is 104. The largest absolute Gasteiger partial charge is 0.481 e. The van der Waals surface area contributed by atoms with E-state index >= 15 is 0 Å². The molecule has 0 aromatic rings. The molecule has 14 heavy (non-hydrogen) atoms. The average molecular weight is 206 g/mol. The molecule has 2 nitrogen and oxygen atoms in total. The molecule has 1 N–H and O–H groups in total. The van der Waals surface area contributed by atoms with Crippen molar-refractivity contribution in [2.75, 3.05) is 0 Å². The molecule has 0 aliphatic carbocycles. The van der Waals surface area contributed by atoms with E-state index in [4.69, 9.17) is 5.11 Å². The molecule has 0 saturated carbocycles. The number of hydrogen-bond acceptors (Lipinski definition) is 1. The van der Waals surface area contributed by atoms with E-state index in [0.717, 1.165) is 5.92 Å². The second-order valence-electron chi connectivity index (χ2n) is 3.93. The first-order chi connectivity index (χ1) is 5.79. The monoisotopic (exact) mass is 206 g/mol. The SMILES string of the molecule is C.CC(C)C.CC(C)C(=O)O.CCC. The molecular weight excluding hydrogens is 176 g/mol. The maximum Gasteiger partial charge on any atom is 0.305 e. The number of carboxylic acids is 1. The van der Waals surface area contributed by atoms with Gasteiger partial charge in [0.2, 0.25) is 0 Å². The predicted molar refractivity (Wildman–Crippen MR) is 65.7 cm³/mol. The summed E-state index contributed by atoms with van der Waals surface area (Å²) in [5, 5.41) is 7.99. The number of carbonyl (C=O) groups is 1. The van der Waals surface area contributed by atoms with Crippen molar-refractivity contribution in [3.8, 4) is 0 Å². The van der Waals surface area contributed by atoms with E-state index < -0.39 is 5.97 Å². The van der Waals surface area contributed by atoms with Crippen LogP contribution in [-0.2, 0) is 4.79 Å². The van der Waals surface area contributed by atoms with E-state index in [0.29, 0.717) is 0 Å². The maximum atomic E-state index is 9.70. The molecule has 0 amide bonds. The summed E-state index contributed by atoms with van der Waals surface area (Å²) >= 11 is 0. The lowest BCUT2D eigenvalue weighted by Gasteiger charge is -1.89. The molecule has 0 spiro atoms. The second-order valence-corrected chi connectivity index (χ2v) is 3.93. The van der Waals surface area contributed by atoms with Gasteiger partial charge in [-0.05, 0) is 5.92 Å². The molecule has 90 valence electrons. The molecule has 0 unspecified atom stereocenters. The van der Waals surface area contributed by atoms with Gasteiger partial charge in [-0.2, -0.15) is 0 Å². The lowest BCUT2D eigenvalue weighted by molar-refractivity contribution is -0.140. The lowest BCUT2D eigenvalue weighted by Crippen LogP contribution is -2.03. The number of carboxylic acid groups (broad SMARTS) is 1. The van der Waals surface area contributed by atoms with Crippen LogP contribution in [0.4, 0.5) is 0 Å². The number of hydrogen-bond donors (Lipinski definition) is 1. The molecule has 0 atom stereocenters. The summed E-state index contributed by atoms with van der Waals surface area (Å²) in [5.41, 5.74) is 0. The predicted octanol–water partition coefficient (Wildman–Crippen LogP) is 4.44. The van der Waals surface area contributed by atoms with Crippen LogP contribution in [0.2, 0.25) is 0 Å². The van der Waals surface area contributed by atoms with Crippen molar-refractivity contribution in [1.82, 2.24) is 0 Å². The average Bonchev–Trinajstić information content (AvgIpc) is 1.87. The van der Waals surface area contributed by atoms with Gasteiger partial charge < -0.3 is 5.11 Å². The Hall–Kier alpha value is -0.530. The van der Waals surface area contributed by atoms with Gasteiger partial charge in [0.1, 0.15) is 0 Å². The molecule has 0 heterocycles. The van der Waals surface area contributed by atoms with Crippen LogP contribution in [0.3, 0.4) is 0 Å². The minimum Gasteiger partial charge on any atom is -0.481 e. The van der Waals surface area contributed by atoms with Gasteiger partial charge in [0.05, 0.1) is 5.92 Å². The lowest BCUT2D eigenvalue weighted by atomic mass is 10.2. The van der Waals surface area contributed by atoms with Crippen LogP contribution in [0.5, 0.6) is 0 Å². The molecule has 0 fully saturated rings. The summed E-state index contributed by atoms with van der Waals surface area (Å²) < 4.78 is 0. The van der Waals surface area contributed by atoms with Gasteiger partial charge in [0, 0.05) is 0 Å². The highest BCUT2D eigenvalue weighted by Crippen LogP contribution is 1.87. The molecule has 0 aliphatic rings. The Balaban J connectivity index is -0.0000000553. The molecule has 0 aliphatic heterocycles. The highest BCUT2D eigenvalue weighted by Gasteiger charge is 1.99. The van der Waals surface area contributed by atoms with Crippen molar-refractivity contribution in [2.24, 2.45) is 11.8 Å². The highest BCUT2D eigenvalue weighted by atomic mass is 16.4. The molecule has 2 heteroatoms. The van der Waals surface area contributed by atoms with Crippen molar-refractivity contribution in [3.05, 3.63) is 0 Å². The van der Waals surface area contributed by atoms with Crippen molar-refractivity contribution >= 4 is 5.97 Å².